The average molecular weight is 260 g/mol. The minimum atomic E-state index is -0.502. The zero-order valence-electron chi connectivity index (χ0n) is 11.3. The van der Waals surface area contributed by atoms with Crippen LogP contribution >= 0.6 is 0 Å². The van der Waals surface area contributed by atoms with Crippen LogP contribution in [0.25, 0.3) is 0 Å². The van der Waals surface area contributed by atoms with Crippen LogP contribution < -0.4 is 5.32 Å². The summed E-state index contributed by atoms with van der Waals surface area (Å²) < 4.78 is 0. The number of nitrogens with one attached hydrogen (secondary N) is 1. The molecule has 1 saturated heterocycles. The van der Waals surface area contributed by atoms with Crippen LogP contribution in [-0.4, -0.2) is 29.3 Å². The van der Waals surface area contributed by atoms with Crippen molar-refractivity contribution >= 4 is 11.8 Å². The predicted molar refractivity (Wildman–Crippen MR) is 73.3 cm³/mol. The fourth-order valence-electron chi connectivity index (χ4n) is 2.38. The topological polar surface area (TPSA) is 49.4 Å². The molecular formula is C15H20N2O2. The number of benzene rings is 1. The fourth-order valence-corrected chi connectivity index (χ4v) is 2.38. The Hall–Kier alpha value is -1.84. The Morgan fingerprint density at radius 1 is 1.26 bits per heavy atom. The summed E-state index contributed by atoms with van der Waals surface area (Å²) in [5.41, 5.74) is 0.996. The molecule has 1 fully saturated rings. The van der Waals surface area contributed by atoms with Crippen molar-refractivity contribution in [1.29, 1.82) is 0 Å². The molecule has 0 aromatic heterocycles. The molecule has 1 atom stereocenters. The highest BCUT2D eigenvalue weighted by Gasteiger charge is 2.27. The summed E-state index contributed by atoms with van der Waals surface area (Å²) in [6.45, 7) is 3.09. The van der Waals surface area contributed by atoms with Gasteiger partial charge in [-0.05, 0) is 31.7 Å². The SMILES string of the molecule is CC1CCCCN1C(=O)C(=O)NCc1ccccc1. The first-order valence-corrected chi connectivity index (χ1v) is 6.81. The molecule has 1 aliphatic rings. The van der Waals surface area contributed by atoms with Crippen molar-refractivity contribution in [3.8, 4) is 0 Å². The van der Waals surface area contributed by atoms with Gasteiger partial charge in [-0.1, -0.05) is 30.3 Å². The molecule has 1 N–H and O–H groups in total. The van der Waals surface area contributed by atoms with E-state index in [0.29, 0.717) is 13.1 Å². The third kappa shape index (κ3) is 3.56. The Morgan fingerprint density at radius 3 is 2.68 bits per heavy atom. The van der Waals surface area contributed by atoms with Crippen LogP contribution in [0.15, 0.2) is 30.3 Å². The summed E-state index contributed by atoms with van der Waals surface area (Å²) >= 11 is 0. The lowest BCUT2D eigenvalue weighted by Crippen LogP contribution is -2.48. The van der Waals surface area contributed by atoms with E-state index in [0.717, 1.165) is 24.8 Å². The van der Waals surface area contributed by atoms with E-state index in [1.807, 2.05) is 37.3 Å². The number of likely N-dealkylation sites (tertiary alicyclic amines) is 1. The first-order chi connectivity index (χ1) is 9.18. The molecule has 1 aliphatic heterocycles. The van der Waals surface area contributed by atoms with Crippen molar-refractivity contribution in [1.82, 2.24) is 10.2 Å². The molecule has 102 valence electrons. The zero-order valence-corrected chi connectivity index (χ0v) is 11.3. The normalized spacial score (nSPS) is 19.0. The van der Waals surface area contributed by atoms with Crippen molar-refractivity contribution < 1.29 is 9.59 Å². The van der Waals surface area contributed by atoms with Gasteiger partial charge in [-0.2, -0.15) is 0 Å². The molecule has 1 aromatic carbocycles. The van der Waals surface area contributed by atoms with E-state index < -0.39 is 11.8 Å². The van der Waals surface area contributed by atoms with Crippen molar-refractivity contribution in [2.75, 3.05) is 6.54 Å². The highest BCUT2D eigenvalue weighted by atomic mass is 16.2. The first-order valence-electron chi connectivity index (χ1n) is 6.81. The minimum absolute atomic E-state index is 0.170. The maximum absolute atomic E-state index is 12.0. The number of amides is 2. The van der Waals surface area contributed by atoms with Gasteiger partial charge in [-0.15, -0.1) is 0 Å². The molecule has 0 spiro atoms. The molecule has 1 aromatic rings. The second-order valence-electron chi connectivity index (χ2n) is 5.01. The quantitative estimate of drug-likeness (QED) is 0.823. The molecular weight excluding hydrogens is 240 g/mol. The standard InChI is InChI=1S/C15H20N2O2/c1-12-7-5-6-10-17(12)15(19)14(18)16-11-13-8-3-2-4-9-13/h2-4,8-9,12H,5-7,10-11H2,1H3,(H,16,18). The number of hydrogen-bond donors (Lipinski definition) is 1. The Morgan fingerprint density at radius 2 is 2.00 bits per heavy atom. The largest absolute Gasteiger partial charge is 0.344 e. The van der Waals surface area contributed by atoms with E-state index in [4.69, 9.17) is 0 Å². The van der Waals surface area contributed by atoms with Gasteiger partial charge in [0, 0.05) is 19.1 Å². The molecule has 0 aliphatic carbocycles. The number of carbonyl (C=O) groups is 2. The van der Waals surface area contributed by atoms with Crippen LogP contribution in [0.5, 0.6) is 0 Å². The molecule has 0 saturated carbocycles. The maximum Gasteiger partial charge on any atom is 0.312 e. The Balaban J connectivity index is 1.87. The smallest absolute Gasteiger partial charge is 0.312 e. The van der Waals surface area contributed by atoms with E-state index in [9.17, 15) is 9.59 Å². The van der Waals surface area contributed by atoms with Gasteiger partial charge in [0.1, 0.15) is 0 Å². The van der Waals surface area contributed by atoms with Crippen molar-refractivity contribution in [2.24, 2.45) is 0 Å². The van der Waals surface area contributed by atoms with Gasteiger partial charge in [0.2, 0.25) is 0 Å². The molecule has 2 amide bonds. The molecule has 1 heterocycles. The summed E-state index contributed by atoms with van der Waals surface area (Å²) in [5, 5.41) is 2.69. The lowest BCUT2D eigenvalue weighted by molar-refractivity contribution is -0.148. The lowest BCUT2D eigenvalue weighted by atomic mass is 10.0. The molecule has 2 rings (SSSR count). The van der Waals surface area contributed by atoms with Crippen molar-refractivity contribution in [2.45, 2.75) is 38.8 Å². The molecule has 1 unspecified atom stereocenters. The molecule has 0 bridgehead atoms. The lowest BCUT2D eigenvalue weighted by Gasteiger charge is -2.32. The number of nitrogens with zero attached hydrogens (tertiary/aromatic N) is 1. The maximum atomic E-state index is 12.0. The summed E-state index contributed by atoms with van der Waals surface area (Å²) in [6, 6.07) is 9.77. The summed E-state index contributed by atoms with van der Waals surface area (Å²) in [6.07, 6.45) is 3.11. The number of piperidine rings is 1. The van der Waals surface area contributed by atoms with Crippen LogP contribution in [0.1, 0.15) is 31.7 Å². The third-order valence-corrected chi connectivity index (χ3v) is 3.55. The highest BCUT2D eigenvalue weighted by molar-refractivity contribution is 6.35. The van der Waals surface area contributed by atoms with E-state index in [-0.39, 0.29) is 6.04 Å². The van der Waals surface area contributed by atoms with E-state index >= 15 is 0 Å². The molecule has 0 radical (unpaired) electrons. The zero-order chi connectivity index (χ0) is 13.7. The van der Waals surface area contributed by atoms with Gasteiger partial charge in [-0.25, -0.2) is 0 Å². The van der Waals surface area contributed by atoms with Gasteiger partial charge in [0.25, 0.3) is 0 Å². The van der Waals surface area contributed by atoms with Gasteiger partial charge < -0.3 is 10.2 Å². The van der Waals surface area contributed by atoms with E-state index in [1.165, 1.54) is 0 Å². The molecule has 4 heteroatoms. The fraction of sp³-hybridized carbons (Fsp3) is 0.467. The van der Waals surface area contributed by atoms with Crippen LogP contribution in [0.3, 0.4) is 0 Å². The second kappa shape index (κ2) is 6.36. The molecule has 19 heavy (non-hydrogen) atoms. The highest BCUT2D eigenvalue weighted by Crippen LogP contribution is 2.16. The van der Waals surface area contributed by atoms with Gasteiger partial charge in [0.05, 0.1) is 0 Å². The Labute approximate surface area is 113 Å². The number of hydrogen-bond acceptors (Lipinski definition) is 2. The molecule has 4 nitrogen and oxygen atoms in total. The summed E-state index contributed by atoms with van der Waals surface area (Å²) in [7, 11) is 0. The van der Waals surface area contributed by atoms with E-state index in [2.05, 4.69) is 5.32 Å². The third-order valence-electron chi connectivity index (χ3n) is 3.55. The van der Waals surface area contributed by atoms with Crippen LogP contribution in [0.4, 0.5) is 0 Å². The Kier molecular flexibility index (Phi) is 4.55. The van der Waals surface area contributed by atoms with Crippen molar-refractivity contribution in [3.63, 3.8) is 0 Å². The predicted octanol–water partition coefficient (Wildman–Crippen LogP) is 1.70. The number of rotatable bonds is 2. The van der Waals surface area contributed by atoms with Gasteiger partial charge in [-0.3, -0.25) is 9.59 Å². The van der Waals surface area contributed by atoms with Gasteiger partial charge in [0.15, 0.2) is 0 Å². The van der Waals surface area contributed by atoms with Crippen LogP contribution in [-0.2, 0) is 16.1 Å². The first kappa shape index (κ1) is 13.6. The number of carbonyl (C=O) groups excluding carboxylic acids is 2. The average Bonchev–Trinajstić information content (AvgIpc) is 2.45. The van der Waals surface area contributed by atoms with E-state index in [1.54, 1.807) is 4.90 Å². The second-order valence-corrected chi connectivity index (χ2v) is 5.01. The van der Waals surface area contributed by atoms with Crippen LogP contribution in [0.2, 0.25) is 0 Å². The van der Waals surface area contributed by atoms with Gasteiger partial charge >= 0.3 is 11.8 Å². The Bertz CT molecular complexity index is 445. The van der Waals surface area contributed by atoms with Crippen molar-refractivity contribution in [3.05, 3.63) is 35.9 Å². The monoisotopic (exact) mass is 260 g/mol. The summed E-state index contributed by atoms with van der Waals surface area (Å²) in [4.78, 5) is 25.6. The van der Waals surface area contributed by atoms with Crippen LogP contribution in [0, 0.1) is 0 Å². The summed E-state index contributed by atoms with van der Waals surface area (Å²) in [5.74, 6) is -0.902. The minimum Gasteiger partial charge on any atom is -0.344 e.